The minimum atomic E-state index is -0.632. The number of hydrogen-bond donors (Lipinski definition) is 1. The van der Waals surface area contributed by atoms with Crippen molar-refractivity contribution in [1.29, 1.82) is 0 Å². The summed E-state index contributed by atoms with van der Waals surface area (Å²) < 4.78 is 5.37. The molecule has 0 saturated carbocycles. The molecular weight excluding hydrogens is 232 g/mol. The fourth-order valence-electron chi connectivity index (χ4n) is 2.54. The third-order valence-electron chi connectivity index (χ3n) is 3.52. The number of aliphatic hydroxyl groups is 1. The molecule has 2 rings (SSSR count). The van der Waals surface area contributed by atoms with E-state index >= 15 is 0 Å². The van der Waals surface area contributed by atoms with Crippen LogP contribution in [0.2, 0.25) is 0 Å². The van der Waals surface area contributed by atoms with Crippen molar-refractivity contribution >= 4 is 11.8 Å². The van der Waals surface area contributed by atoms with E-state index < -0.39 is 5.60 Å². The summed E-state index contributed by atoms with van der Waals surface area (Å²) in [6, 6.07) is 4.14. The lowest BCUT2D eigenvalue weighted by atomic mass is 9.86. The zero-order valence-corrected chi connectivity index (χ0v) is 11.6. The Balaban J connectivity index is 2.39. The molecule has 1 aliphatic heterocycles. The first-order chi connectivity index (χ1) is 8.07. The normalized spacial score (nSPS) is 19.1. The second kappa shape index (κ2) is 4.91. The molecule has 1 aliphatic rings. The maximum absolute atomic E-state index is 10.7. The zero-order valence-electron chi connectivity index (χ0n) is 10.7. The van der Waals surface area contributed by atoms with Crippen molar-refractivity contribution in [3.63, 3.8) is 0 Å². The molecule has 1 aromatic rings. The molecule has 1 N–H and O–H groups in total. The number of hydrogen-bond acceptors (Lipinski definition) is 3. The van der Waals surface area contributed by atoms with E-state index in [0.29, 0.717) is 0 Å². The highest BCUT2D eigenvalue weighted by Crippen LogP contribution is 2.38. The van der Waals surface area contributed by atoms with Crippen molar-refractivity contribution in [2.75, 3.05) is 18.6 Å². The van der Waals surface area contributed by atoms with Crippen LogP contribution in [0, 0.1) is 13.8 Å². The van der Waals surface area contributed by atoms with Gasteiger partial charge in [-0.15, -0.1) is 0 Å². The summed E-state index contributed by atoms with van der Waals surface area (Å²) in [4.78, 5) is 0. The van der Waals surface area contributed by atoms with Crippen molar-refractivity contribution < 1.29 is 9.84 Å². The van der Waals surface area contributed by atoms with Gasteiger partial charge in [-0.3, -0.25) is 0 Å². The third-order valence-corrected chi connectivity index (χ3v) is 4.51. The molecule has 0 unspecified atom stereocenters. The maximum atomic E-state index is 10.7. The van der Waals surface area contributed by atoms with Crippen LogP contribution in [0.15, 0.2) is 12.1 Å². The molecule has 0 aromatic heterocycles. The van der Waals surface area contributed by atoms with Gasteiger partial charge in [0.25, 0.3) is 0 Å². The van der Waals surface area contributed by atoms with Crippen LogP contribution in [0.5, 0.6) is 5.75 Å². The van der Waals surface area contributed by atoms with E-state index in [0.717, 1.165) is 46.8 Å². The Kier molecular flexibility index (Phi) is 3.69. The lowest BCUT2D eigenvalue weighted by Gasteiger charge is -2.33. The molecule has 1 heterocycles. The summed E-state index contributed by atoms with van der Waals surface area (Å²) in [5.41, 5.74) is 2.63. The van der Waals surface area contributed by atoms with Crippen LogP contribution in [0.25, 0.3) is 0 Å². The van der Waals surface area contributed by atoms with E-state index in [2.05, 4.69) is 12.1 Å². The monoisotopic (exact) mass is 252 g/mol. The summed E-state index contributed by atoms with van der Waals surface area (Å²) in [6.45, 7) is 4.08. The molecule has 1 fully saturated rings. The van der Waals surface area contributed by atoms with E-state index in [1.165, 1.54) is 0 Å². The molecule has 0 bridgehead atoms. The van der Waals surface area contributed by atoms with Crippen LogP contribution in [-0.4, -0.2) is 23.7 Å². The van der Waals surface area contributed by atoms with Crippen LogP contribution in [0.1, 0.15) is 29.5 Å². The largest absolute Gasteiger partial charge is 0.496 e. The Bertz CT molecular complexity index is 386. The van der Waals surface area contributed by atoms with E-state index in [4.69, 9.17) is 4.74 Å². The quantitative estimate of drug-likeness (QED) is 0.877. The van der Waals surface area contributed by atoms with Crippen molar-refractivity contribution in [3.05, 3.63) is 28.8 Å². The Labute approximate surface area is 107 Å². The van der Waals surface area contributed by atoms with Gasteiger partial charge in [0.15, 0.2) is 0 Å². The maximum Gasteiger partial charge on any atom is 0.124 e. The van der Waals surface area contributed by atoms with Gasteiger partial charge in [-0.25, -0.2) is 0 Å². The number of thioether (sulfide) groups is 1. The molecule has 2 nitrogen and oxygen atoms in total. The molecule has 0 atom stereocenters. The van der Waals surface area contributed by atoms with Gasteiger partial charge in [0, 0.05) is 0 Å². The predicted molar refractivity (Wildman–Crippen MR) is 72.9 cm³/mol. The summed E-state index contributed by atoms with van der Waals surface area (Å²) in [5, 5.41) is 10.7. The number of ether oxygens (including phenoxy) is 1. The number of aryl methyl sites for hydroxylation is 2. The summed E-state index contributed by atoms with van der Waals surface area (Å²) in [7, 11) is 1.70. The van der Waals surface area contributed by atoms with Gasteiger partial charge >= 0.3 is 0 Å². The summed E-state index contributed by atoms with van der Waals surface area (Å²) in [6.07, 6.45) is 1.70. The topological polar surface area (TPSA) is 29.5 Å². The van der Waals surface area contributed by atoms with Crippen LogP contribution in [-0.2, 0) is 5.60 Å². The molecule has 94 valence electrons. The molecule has 0 amide bonds. The highest BCUT2D eigenvalue weighted by atomic mass is 32.2. The van der Waals surface area contributed by atoms with Gasteiger partial charge in [-0.05, 0) is 67.0 Å². The van der Waals surface area contributed by atoms with E-state index in [-0.39, 0.29) is 0 Å². The Morgan fingerprint density at radius 1 is 1.18 bits per heavy atom. The molecule has 3 heteroatoms. The average molecular weight is 252 g/mol. The molecule has 0 radical (unpaired) electrons. The van der Waals surface area contributed by atoms with Crippen LogP contribution >= 0.6 is 11.8 Å². The van der Waals surface area contributed by atoms with Crippen molar-refractivity contribution in [2.45, 2.75) is 32.3 Å². The van der Waals surface area contributed by atoms with E-state index in [1.807, 2.05) is 25.6 Å². The average Bonchev–Trinajstić information content (AvgIpc) is 2.29. The van der Waals surface area contributed by atoms with Crippen LogP contribution in [0.4, 0.5) is 0 Å². The van der Waals surface area contributed by atoms with Crippen LogP contribution < -0.4 is 4.74 Å². The molecule has 1 aromatic carbocycles. The minimum Gasteiger partial charge on any atom is -0.496 e. The summed E-state index contributed by atoms with van der Waals surface area (Å²) >= 11 is 1.92. The van der Waals surface area contributed by atoms with Gasteiger partial charge in [-0.2, -0.15) is 11.8 Å². The lowest BCUT2D eigenvalue weighted by Crippen LogP contribution is -2.30. The standard InChI is InChI=1S/C14H20O2S/c1-10-8-12(9-11(2)13(10)16-3)14(15)4-6-17-7-5-14/h8-9,15H,4-7H2,1-3H3. The van der Waals surface area contributed by atoms with Gasteiger partial charge in [-0.1, -0.05) is 0 Å². The highest BCUT2D eigenvalue weighted by molar-refractivity contribution is 7.99. The first-order valence-electron chi connectivity index (χ1n) is 6.03. The first kappa shape index (κ1) is 12.8. The van der Waals surface area contributed by atoms with Crippen LogP contribution in [0.3, 0.4) is 0 Å². The van der Waals surface area contributed by atoms with Gasteiger partial charge < -0.3 is 9.84 Å². The summed E-state index contributed by atoms with van der Waals surface area (Å²) in [5.74, 6) is 3.02. The van der Waals surface area contributed by atoms with E-state index in [9.17, 15) is 5.11 Å². The Hall–Kier alpha value is -0.670. The number of rotatable bonds is 2. The molecule has 0 aliphatic carbocycles. The minimum absolute atomic E-state index is 0.632. The van der Waals surface area contributed by atoms with Gasteiger partial charge in [0.2, 0.25) is 0 Å². The lowest BCUT2D eigenvalue weighted by molar-refractivity contribution is 0.0279. The molecule has 17 heavy (non-hydrogen) atoms. The first-order valence-corrected chi connectivity index (χ1v) is 7.18. The fourth-order valence-corrected chi connectivity index (χ4v) is 3.71. The third kappa shape index (κ3) is 2.45. The number of benzene rings is 1. The Morgan fingerprint density at radius 2 is 1.71 bits per heavy atom. The smallest absolute Gasteiger partial charge is 0.124 e. The van der Waals surface area contributed by atoms with Crippen molar-refractivity contribution in [2.24, 2.45) is 0 Å². The molecular formula is C14H20O2S. The predicted octanol–water partition coefficient (Wildman–Crippen LogP) is 3.03. The molecule has 0 spiro atoms. The van der Waals surface area contributed by atoms with Gasteiger partial charge in [0.1, 0.15) is 5.75 Å². The Morgan fingerprint density at radius 3 is 2.18 bits per heavy atom. The fraction of sp³-hybridized carbons (Fsp3) is 0.571. The second-order valence-corrected chi connectivity index (χ2v) is 6.01. The van der Waals surface area contributed by atoms with Crippen molar-refractivity contribution in [3.8, 4) is 5.75 Å². The number of methoxy groups -OCH3 is 1. The van der Waals surface area contributed by atoms with Crippen molar-refractivity contribution in [1.82, 2.24) is 0 Å². The SMILES string of the molecule is COc1c(C)cc(C2(O)CCSCC2)cc1C. The highest BCUT2D eigenvalue weighted by Gasteiger charge is 2.32. The van der Waals surface area contributed by atoms with Gasteiger partial charge in [0.05, 0.1) is 12.7 Å². The zero-order chi connectivity index (χ0) is 12.5. The van der Waals surface area contributed by atoms with E-state index in [1.54, 1.807) is 7.11 Å². The molecule has 1 saturated heterocycles. The second-order valence-electron chi connectivity index (χ2n) is 4.79.